The Morgan fingerprint density at radius 2 is 2.12 bits per heavy atom. The van der Waals surface area contributed by atoms with Crippen LogP contribution in [-0.2, 0) is 6.54 Å². The Morgan fingerprint density at radius 3 is 2.69 bits per heavy atom. The van der Waals surface area contributed by atoms with Gasteiger partial charge < -0.3 is 10.1 Å². The number of nitrogens with zero attached hydrogens (tertiary/aromatic N) is 4. The van der Waals surface area contributed by atoms with Crippen LogP contribution in [-0.4, -0.2) is 26.7 Å². The normalized spacial score (nSPS) is 18.6. The summed E-state index contributed by atoms with van der Waals surface area (Å²) in [7, 11) is 0. The van der Waals surface area contributed by atoms with Crippen LogP contribution in [0.25, 0.3) is 0 Å². The molecule has 0 radical (unpaired) electrons. The van der Waals surface area contributed by atoms with Crippen molar-refractivity contribution in [2.24, 2.45) is 5.16 Å². The molecule has 1 aromatic carbocycles. The van der Waals surface area contributed by atoms with Crippen molar-refractivity contribution in [1.29, 1.82) is 0 Å². The third-order valence-corrected chi connectivity index (χ3v) is 5.81. The molecule has 1 saturated carbocycles. The molecule has 1 aliphatic carbocycles. The van der Waals surface area contributed by atoms with Crippen LogP contribution in [0, 0.1) is 6.92 Å². The molecule has 1 heterocycles. The monoisotopic (exact) mass is 374 g/mol. The highest BCUT2D eigenvalue weighted by Gasteiger charge is 2.29. The maximum atomic E-state index is 9.06. The summed E-state index contributed by atoms with van der Waals surface area (Å²) in [5, 5.41) is 17.8. The summed E-state index contributed by atoms with van der Waals surface area (Å²) in [6, 6.07) is 6.87. The number of anilines is 1. The number of benzene rings is 1. The fraction of sp³-hybridized carbons (Fsp3) is 0.500. The van der Waals surface area contributed by atoms with Crippen molar-refractivity contribution in [3.05, 3.63) is 46.7 Å². The van der Waals surface area contributed by atoms with Gasteiger partial charge >= 0.3 is 0 Å². The first-order valence-electron chi connectivity index (χ1n) is 9.30. The van der Waals surface area contributed by atoms with E-state index >= 15 is 0 Å². The highest BCUT2D eigenvalue weighted by atomic mass is 35.5. The zero-order valence-corrected chi connectivity index (χ0v) is 16.4. The van der Waals surface area contributed by atoms with E-state index in [1.54, 1.807) is 0 Å². The topological polar surface area (TPSA) is 53.7 Å². The lowest BCUT2D eigenvalue weighted by Crippen LogP contribution is -2.40. The summed E-state index contributed by atoms with van der Waals surface area (Å²) in [5.74, 6) is 0. The Bertz CT molecular complexity index is 776. The van der Waals surface area contributed by atoms with E-state index in [1.165, 1.54) is 5.56 Å². The lowest BCUT2D eigenvalue weighted by atomic mass is 9.90. The number of aromatic nitrogens is 2. The molecule has 0 amide bonds. The van der Waals surface area contributed by atoms with Gasteiger partial charge in [0.1, 0.15) is 0 Å². The number of aryl methyl sites for hydroxylation is 2. The molecule has 1 atom stereocenters. The highest BCUT2D eigenvalue weighted by molar-refractivity contribution is 6.31. The second kappa shape index (κ2) is 8.12. The molecule has 0 saturated heterocycles. The summed E-state index contributed by atoms with van der Waals surface area (Å²) in [4.78, 5) is 2.45. The maximum Gasteiger partial charge on any atom is 0.0760 e. The molecule has 1 fully saturated rings. The van der Waals surface area contributed by atoms with Gasteiger partial charge in [-0.3, -0.25) is 4.68 Å². The van der Waals surface area contributed by atoms with Crippen LogP contribution in [0.15, 0.2) is 35.7 Å². The van der Waals surface area contributed by atoms with Gasteiger partial charge in [0.2, 0.25) is 0 Å². The Labute approximate surface area is 160 Å². The highest BCUT2D eigenvalue weighted by Crippen LogP contribution is 2.35. The van der Waals surface area contributed by atoms with Gasteiger partial charge in [-0.05, 0) is 63.6 Å². The third kappa shape index (κ3) is 3.88. The van der Waals surface area contributed by atoms with Crippen molar-refractivity contribution < 1.29 is 5.21 Å². The smallest absolute Gasteiger partial charge is 0.0760 e. The van der Waals surface area contributed by atoms with E-state index in [9.17, 15) is 0 Å². The summed E-state index contributed by atoms with van der Waals surface area (Å²) in [6.07, 6.45) is 7.68. The molecule has 140 valence electrons. The van der Waals surface area contributed by atoms with E-state index in [1.807, 2.05) is 17.8 Å². The minimum atomic E-state index is 0.181. The minimum Gasteiger partial charge on any atom is -0.411 e. The first-order chi connectivity index (χ1) is 12.5. The van der Waals surface area contributed by atoms with Crippen LogP contribution in [0.5, 0.6) is 0 Å². The quantitative estimate of drug-likeness (QED) is 0.577. The molecule has 6 heteroatoms. The predicted octanol–water partition coefficient (Wildman–Crippen LogP) is 5.21. The molecule has 1 aliphatic rings. The van der Waals surface area contributed by atoms with Crippen LogP contribution in [0.3, 0.4) is 0 Å². The van der Waals surface area contributed by atoms with Gasteiger partial charge in [0.05, 0.1) is 23.6 Å². The van der Waals surface area contributed by atoms with Gasteiger partial charge in [-0.15, -0.1) is 0 Å². The SMILES string of the molecule is CCn1cc(N(C2CCC(=NO)CC2)C(C)c2ccc(C)c(Cl)c2)cn1. The first kappa shape index (κ1) is 18.8. The number of hydrogen-bond donors (Lipinski definition) is 1. The molecule has 5 nitrogen and oxygen atoms in total. The van der Waals surface area contributed by atoms with Crippen LogP contribution >= 0.6 is 11.6 Å². The minimum absolute atomic E-state index is 0.181. The lowest BCUT2D eigenvalue weighted by molar-refractivity contribution is 0.312. The van der Waals surface area contributed by atoms with Crippen LogP contribution < -0.4 is 4.90 Å². The van der Waals surface area contributed by atoms with Gasteiger partial charge in [-0.25, -0.2) is 0 Å². The average Bonchev–Trinajstić information content (AvgIpc) is 3.13. The van der Waals surface area contributed by atoms with Crippen molar-refractivity contribution in [2.75, 3.05) is 4.90 Å². The summed E-state index contributed by atoms with van der Waals surface area (Å²) < 4.78 is 1.96. The largest absolute Gasteiger partial charge is 0.411 e. The zero-order valence-electron chi connectivity index (χ0n) is 15.7. The summed E-state index contributed by atoms with van der Waals surface area (Å²) in [6.45, 7) is 7.19. The zero-order chi connectivity index (χ0) is 18.7. The Morgan fingerprint density at radius 1 is 1.38 bits per heavy atom. The Balaban J connectivity index is 1.92. The second-order valence-electron chi connectivity index (χ2n) is 7.04. The molecule has 0 spiro atoms. The predicted molar refractivity (Wildman–Crippen MR) is 106 cm³/mol. The lowest BCUT2D eigenvalue weighted by Gasteiger charge is -2.40. The van der Waals surface area contributed by atoms with E-state index in [0.29, 0.717) is 6.04 Å². The van der Waals surface area contributed by atoms with Gasteiger partial charge in [0, 0.05) is 23.8 Å². The average molecular weight is 375 g/mol. The molecule has 26 heavy (non-hydrogen) atoms. The van der Waals surface area contributed by atoms with Gasteiger partial charge in [-0.1, -0.05) is 28.9 Å². The Hall–Kier alpha value is -2.01. The van der Waals surface area contributed by atoms with Crippen LogP contribution in [0.4, 0.5) is 5.69 Å². The van der Waals surface area contributed by atoms with Crippen molar-refractivity contribution in [1.82, 2.24) is 9.78 Å². The summed E-state index contributed by atoms with van der Waals surface area (Å²) in [5.41, 5.74) is 4.32. The fourth-order valence-corrected chi connectivity index (χ4v) is 3.94. The number of hydrogen-bond acceptors (Lipinski definition) is 4. The van der Waals surface area contributed by atoms with Crippen molar-refractivity contribution >= 4 is 23.0 Å². The molecule has 1 unspecified atom stereocenters. The molecular weight excluding hydrogens is 348 g/mol. The number of oxime groups is 1. The van der Waals surface area contributed by atoms with Crippen molar-refractivity contribution in [3.8, 4) is 0 Å². The van der Waals surface area contributed by atoms with E-state index in [0.717, 1.165) is 54.2 Å². The molecule has 1 aromatic heterocycles. The van der Waals surface area contributed by atoms with Gasteiger partial charge in [0.25, 0.3) is 0 Å². The van der Waals surface area contributed by atoms with Crippen molar-refractivity contribution in [3.63, 3.8) is 0 Å². The second-order valence-corrected chi connectivity index (χ2v) is 7.45. The van der Waals surface area contributed by atoms with Gasteiger partial charge in [0.15, 0.2) is 0 Å². The molecule has 0 bridgehead atoms. The maximum absolute atomic E-state index is 9.06. The Kier molecular flexibility index (Phi) is 5.87. The van der Waals surface area contributed by atoms with E-state index < -0.39 is 0 Å². The van der Waals surface area contributed by atoms with Gasteiger partial charge in [-0.2, -0.15) is 5.10 Å². The fourth-order valence-electron chi connectivity index (χ4n) is 3.75. The summed E-state index contributed by atoms with van der Waals surface area (Å²) >= 11 is 6.38. The molecular formula is C20H27ClN4O. The molecule has 3 rings (SSSR count). The third-order valence-electron chi connectivity index (χ3n) is 5.40. The van der Waals surface area contributed by atoms with E-state index in [4.69, 9.17) is 16.8 Å². The first-order valence-corrected chi connectivity index (χ1v) is 9.68. The van der Waals surface area contributed by atoms with Crippen LogP contribution in [0.2, 0.25) is 5.02 Å². The standard InChI is InChI=1S/C20H27ClN4O/c1-4-24-13-19(12-22-24)25(18-9-7-17(23-26)8-10-18)15(3)16-6-5-14(2)20(21)11-16/h5-6,11-13,15,18,26H,4,7-10H2,1-3H3. The van der Waals surface area contributed by atoms with Crippen molar-refractivity contribution in [2.45, 2.75) is 65.1 Å². The number of rotatable bonds is 5. The molecule has 0 aliphatic heterocycles. The van der Waals surface area contributed by atoms with E-state index in [-0.39, 0.29) is 6.04 Å². The molecule has 1 N–H and O–H groups in total. The molecule has 2 aromatic rings. The van der Waals surface area contributed by atoms with E-state index in [2.05, 4.69) is 53.4 Å². The van der Waals surface area contributed by atoms with Crippen LogP contribution in [0.1, 0.15) is 56.7 Å². The number of halogens is 1.